The number of amides is 2. The molecule has 3 aromatic rings. The predicted molar refractivity (Wildman–Crippen MR) is 136 cm³/mol. The van der Waals surface area contributed by atoms with E-state index >= 15 is 0 Å². The molecule has 40 heavy (non-hydrogen) atoms. The average molecular weight is 575 g/mol. The van der Waals surface area contributed by atoms with Crippen molar-refractivity contribution in [2.75, 3.05) is 7.11 Å². The second-order valence-electron chi connectivity index (χ2n) is 8.14. The predicted octanol–water partition coefficient (Wildman–Crippen LogP) is 6.56. The molecule has 0 aromatic heterocycles. The number of hydrogen-bond acceptors (Lipinski definition) is 9. The van der Waals surface area contributed by atoms with Gasteiger partial charge in [0.1, 0.15) is 0 Å². The van der Waals surface area contributed by atoms with Gasteiger partial charge >= 0.3 is 11.9 Å². The molecular weight excluding hydrogens is 559 g/mol. The number of rotatable bonds is 8. The highest BCUT2D eigenvalue weighted by Crippen LogP contribution is 2.41. The van der Waals surface area contributed by atoms with Crippen LogP contribution in [0.1, 0.15) is 16.7 Å². The molecule has 3 aromatic carbocycles. The topological polar surface area (TPSA) is 142 Å². The van der Waals surface area contributed by atoms with Gasteiger partial charge in [-0.2, -0.15) is 13.2 Å². The molecule has 1 aliphatic heterocycles. The Morgan fingerprint density at radius 3 is 2.20 bits per heavy atom. The SMILES string of the molecule is COc1cc(/C=C2/SC(=O)N(Cc3ccc([N+](=O)[O-])cc3)C2=O)ccc1Oc1ccc(C(F)(F)F)cc1[N+](=O)[O-]. The van der Waals surface area contributed by atoms with Crippen LogP contribution in [-0.2, 0) is 17.5 Å². The summed E-state index contributed by atoms with van der Waals surface area (Å²) < 4.78 is 49.7. The van der Waals surface area contributed by atoms with Gasteiger partial charge in [0.2, 0.25) is 5.75 Å². The molecule has 2 amide bonds. The van der Waals surface area contributed by atoms with E-state index in [0.717, 1.165) is 11.0 Å². The van der Waals surface area contributed by atoms with Crippen LogP contribution in [0.4, 0.5) is 29.3 Å². The number of benzene rings is 3. The first-order chi connectivity index (χ1) is 18.9. The van der Waals surface area contributed by atoms with E-state index in [1.54, 1.807) is 0 Å². The van der Waals surface area contributed by atoms with E-state index in [0.29, 0.717) is 35.0 Å². The van der Waals surface area contributed by atoms with Crippen molar-refractivity contribution >= 4 is 40.4 Å². The van der Waals surface area contributed by atoms with Crippen molar-refractivity contribution in [3.8, 4) is 17.2 Å². The molecule has 206 valence electrons. The van der Waals surface area contributed by atoms with Crippen molar-refractivity contribution in [3.05, 3.63) is 102 Å². The Labute approximate surface area is 227 Å². The lowest BCUT2D eigenvalue weighted by molar-refractivity contribution is -0.385. The highest BCUT2D eigenvalue weighted by Gasteiger charge is 2.35. The van der Waals surface area contributed by atoms with Crippen LogP contribution in [0.2, 0.25) is 0 Å². The summed E-state index contributed by atoms with van der Waals surface area (Å²) in [5, 5.41) is 21.6. The summed E-state index contributed by atoms with van der Waals surface area (Å²) in [6.45, 7) is -0.0952. The van der Waals surface area contributed by atoms with Crippen molar-refractivity contribution in [1.29, 1.82) is 0 Å². The number of non-ortho nitro benzene ring substituents is 1. The molecule has 0 aliphatic carbocycles. The maximum absolute atomic E-state index is 13.0. The van der Waals surface area contributed by atoms with Crippen LogP contribution in [0.15, 0.2) is 65.6 Å². The van der Waals surface area contributed by atoms with Crippen LogP contribution in [0.25, 0.3) is 6.08 Å². The summed E-state index contributed by atoms with van der Waals surface area (Å²) >= 11 is 0.684. The zero-order valence-electron chi connectivity index (χ0n) is 20.2. The lowest BCUT2D eigenvalue weighted by Crippen LogP contribution is -2.27. The zero-order valence-corrected chi connectivity index (χ0v) is 21.0. The Kier molecular flexibility index (Phi) is 7.77. The molecule has 0 saturated carbocycles. The number of nitro groups is 2. The molecule has 11 nitrogen and oxygen atoms in total. The number of carbonyl (C=O) groups is 2. The fraction of sp³-hybridized carbons (Fsp3) is 0.120. The Balaban J connectivity index is 1.55. The molecule has 1 heterocycles. The molecule has 1 fully saturated rings. The van der Waals surface area contributed by atoms with Gasteiger partial charge in [0.15, 0.2) is 11.5 Å². The van der Waals surface area contributed by atoms with Gasteiger partial charge in [-0.3, -0.25) is 34.7 Å². The molecule has 0 bridgehead atoms. The standard InChI is InChI=1S/C25H16F3N3O8S/c1-38-21-10-15(4-8-20(21)39-19-9-5-16(25(26,27)28)12-18(19)31(36)37)11-22-23(32)29(24(33)40-22)13-14-2-6-17(7-3-14)30(34)35/h2-12H,13H2,1H3/b22-11+. The van der Waals surface area contributed by atoms with Crippen LogP contribution in [0, 0.1) is 20.2 Å². The van der Waals surface area contributed by atoms with Gasteiger partial charge in [0.05, 0.1) is 34.0 Å². The number of halogens is 3. The smallest absolute Gasteiger partial charge is 0.416 e. The minimum absolute atomic E-state index is 0.0474. The first kappa shape index (κ1) is 28.1. The third kappa shape index (κ3) is 6.04. The lowest BCUT2D eigenvalue weighted by Gasteiger charge is -2.13. The number of nitro benzene ring substituents is 2. The number of hydrogen-bond donors (Lipinski definition) is 0. The van der Waals surface area contributed by atoms with Crippen LogP contribution in [0.3, 0.4) is 0 Å². The maximum Gasteiger partial charge on any atom is 0.416 e. The Morgan fingerprint density at radius 2 is 1.60 bits per heavy atom. The molecule has 0 spiro atoms. The third-order valence-electron chi connectivity index (χ3n) is 5.55. The molecular formula is C25H16F3N3O8S. The quantitative estimate of drug-likeness (QED) is 0.166. The molecule has 1 aliphatic rings. The van der Waals surface area contributed by atoms with Gasteiger partial charge in [-0.15, -0.1) is 0 Å². The summed E-state index contributed by atoms with van der Waals surface area (Å²) in [7, 11) is 1.27. The fourth-order valence-electron chi connectivity index (χ4n) is 3.59. The summed E-state index contributed by atoms with van der Waals surface area (Å²) in [5.41, 5.74) is -1.34. The molecule has 1 saturated heterocycles. The van der Waals surface area contributed by atoms with Crippen molar-refractivity contribution in [2.24, 2.45) is 0 Å². The Bertz CT molecular complexity index is 1560. The van der Waals surface area contributed by atoms with Crippen molar-refractivity contribution < 1.29 is 42.1 Å². The summed E-state index contributed by atoms with van der Waals surface area (Å²) in [6, 6.07) is 11.5. The van der Waals surface area contributed by atoms with E-state index in [2.05, 4.69) is 0 Å². The second-order valence-corrected chi connectivity index (χ2v) is 9.13. The average Bonchev–Trinajstić information content (AvgIpc) is 3.16. The maximum atomic E-state index is 13.0. The minimum atomic E-state index is -4.79. The van der Waals surface area contributed by atoms with Gasteiger partial charge in [-0.25, -0.2) is 0 Å². The number of alkyl halides is 3. The monoisotopic (exact) mass is 575 g/mol. The number of ether oxygens (including phenoxy) is 2. The molecule has 0 radical (unpaired) electrons. The normalized spacial score (nSPS) is 14.5. The first-order valence-electron chi connectivity index (χ1n) is 11.1. The van der Waals surface area contributed by atoms with Gasteiger partial charge in [0, 0.05) is 18.2 Å². The lowest BCUT2D eigenvalue weighted by atomic mass is 10.1. The van der Waals surface area contributed by atoms with Crippen LogP contribution < -0.4 is 9.47 Å². The largest absolute Gasteiger partial charge is 0.493 e. The number of thioether (sulfide) groups is 1. The van der Waals surface area contributed by atoms with Gasteiger partial charge in [-0.05, 0) is 53.2 Å². The molecule has 4 rings (SSSR count). The fourth-order valence-corrected chi connectivity index (χ4v) is 4.43. The van der Waals surface area contributed by atoms with E-state index in [-0.39, 0.29) is 28.6 Å². The van der Waals surface area contributed by atoms with E-state index < -0.39 is 44.2 Å². The molecule has 0 N–H and O–H groups in total. The van der Waals surface area contributed by atoms with Crippen molar-refractivity contribution in [3.63, 3.8) is 0 Å². The first-order valence-corrected chi connectivity index (χ1v) is 11.9. The Morgan fingerprint density at radius 1 is 0.925 bits per heavy atom. The number of carbonyl (C=O) groups excluding carboxylic acids is 2. The van der Waals surface area contributed by atoms with Crippen LogP contribution >= 0.6 is 11.8 Å². The van der Waals surface area contributed by atoms with Crippen molar-refractivity contribution in [2.45, 2.75) is 12.7 Å². The number of methoxy groups -OCH3 is 1. The summed E-state index contributed by atoms with van der Waals surface area (Å²) in [4.78, 5) is 47.0. The van der Waals surface area contributed by atoms with Crippen LogP contribution in [-0.4, -0.2) is 33.0 Å². The third-order valence-corrected chi connectivity index (χ3v) is 6.46. The summed E-state index contributed by atoms with van der Waals surface area (Å²) in [6.07, 6.45) is -3.38. The van der Waals surface area contributed by atoms with Gasteiger partial charge in [-0.1, -0.05) is 18.2 Å². The van der Waals surface area contributed by atoms with E-state index in [1.165, 1.54) is 55.7 Å². The van der Waals surface area contributed by atoms with Gasteiger partial charge in [0.25, 0.3) is 16.8 Å². The number of nitrogens with zero attached hydrogens (tertiary/aromatic N) is 3. The minimum Gasteiger partial charge on any atom is -0.493 e. The highest BCUT2D eigenvalue weighted by molar-refractivity contribution is 8.18. The Hall–Kier alpha value is -4.92. The molecule has 0 atom stereocenters. The van der Waals surface area contributed by atoms with Gasteiger partial charge < -0.3 is 9.47 Å². The van der Waals surface area contributed by atoms with Crippen LogP contribution in [0.5, 0.6) is 17.2 Å². The van der Waals surface area contributed by atoms with Crippen molar-refractivity contribution in [1.82, 2.24) is 4.90 Å². The number of imide groups is 1. The van der Waals surface area contributed by atoms with E-state index in [1.807, 2.05) is 0 Å². The highest BCUT2D eigenvalue weighted by atomic mass is 32.2. The van der Waals surface area contributed by atoms with E-state index in [4.69, 9.17) is 9.47 Å². The second kappa shape index (κ2) is 11.1. The molecule has 0 unspecified atom stereocenters. The molecule has 15 heteroatoms. The zero-order chi connectivity index (χ0) is 29.2. The summed E-state index contributed by atoms with van der Waals surface area (Å²) in [5.74, 6) is -1.04. The van der Waals surface area contributed by atoms with E-state index in [9.17, 15) is 43.0 Å².